The Morgan fingerprint density at radius 1 is 1.13 bits per heavy atom. The van der Waals surface area contributed by atoms with Crippen LogP contribution in [0.3, 0.4) is 0 Å². The molecule has 0 aromatic heterocycles. The molecule has 0 radical (unpaired) electrons. The van der Waals surface area contributed by atoms with E-state index in [1.54, 1.807) is 0 Å². The van der Waals surface area contributed by atoms with E-state index in [2.05, 4.69) is 0 Å². The third-order valence-electron chi connectivity index (χ3n) is 2.49. The summed E-state index contributed by atoms with van der Waals surface area (Å²) in [6.45, 7) is 1.03. The Bertz CT molecular complexity index is 365. The minimum atomic E-state index is 0.239. The average Bonchev–Trinajstić information content (AvgIpc) is 2.66. The van der Waals surface area contributed by atoms with Crippen molar-refractivity contribution in [3.05, 3.63) is 47.5 Å². The SMILES string of the molecule is O=C1CCC=C1COCc1ccccc1. The first-order chi connectivity index (χ1) is 7.36. The van der Waals surface area contributed by atoms with Crippen molar-refractivity contribution in [3.63, 3.8) is 0 Å². The molecule has 1 aliphatic rings. The molecule has 15 heavy (non-hydrogen) atoms. The van der Waals surface area contributed by atoms with Crippen molar-refractivity contribution in [1.82, 2.24) is 0 Å². The molecule has 2 rings (SSSR count). The Morgan fingerprint density at radius 3 is 2.60 bits per heavy atom. The first-order valence-corrected chi connectivity index (χ1v) is 5.20. The molecule has 0 atom stereocenters. The van der Waals surface area contributed by atoms with Crippen LogP contribution < -0.4 is 0 Å². The van der Waals surface area contributed by atoms with E-state index in [1.165, 1.54) is 0 Å². The highest BCUT2D eigenvalue weighted by Gasteiger charge is 2.14. The summed E-state index contributed by atoms with van der Waals surface area (Å²) in [4.78, 5) is 11.3. The smallest absolute Gasteiger partial charge is 0.161 e. The maximum atomic E-state index is 11.3. The monoisotopic (exact) mass is 202 g/mol. The summed E-state index contributed by atoms with van der Waals surface area (Å²) in [6, 6.07) is 9.99. The topological polar surface area (TPSA) is 26.3 Å². The lowest BCUT2D eigenvalue weighted by Crippen LogP contribution is -2.04. The van der Waals surface area contributed by atoms with Crippen LogP contribution >= 0.6 is 0 Å². The maximum absolute atomic E-state index is 11.3. The lowest BCUT2D eigenvalue weighted by atomic mass is 10.2. The third kappa shape index (κ3) is 2.77. The van der Waals surface area contributed by atoms with Crippen LogP contribution in [0.5, 0.6) is 0 Å². The average molecular weight is 202 g/mol. The number of ether oxygens (including phenoxy) is 1. The van der Waals surface area contributed by atoms with Crippen molar-refractivity contribution in [3.8, 4) is 0 Å². The zero-order valence-electron chi connectivity index (χ0n) is 8.61. The summed E-state index contributed by atoms with van der Waals surface area (Å²) in [5.41, 5.74) is 1.98. The molecule has 2 heteroatoms. The molecule has 0 bridgehead atoms. The Labute approximate surface area is 89.6 Å². The second-order valence-corrected chi connectivity index (χ2v) is 3.67. The summed E-state index contributed by atoms with van der Waals surface area (Å²) >= 11 is 0. The fourth-order valence-corrected chi connectivity index (χ4v) is 1.64. The van der Waals surface area contributed by atoms with Crippen LogP contribution in [0.1, 0.15) is 18.4 Å². The Morgan fingerprint density at radius 2 is 1.93 bits per heavy atom. The standard InChI is InChI=1S/C13H14O2/c14-13-8-4-7-12(13)10-15-9-11-5-2-1-3-6-11/h1-3,5-7H,4,8-10H2. The number of carbonyl (C=O) groups is 1. The molecular formula is C13H14O2. The van der Waals surface area contributed by atoms with Crippen molar-refractivity contribution in [1.29, 1.82) is 0 Å². The van der Waals surface area contributed by atoms with Gasteiger partial charge in [0.25, 0.3) is 0 Å². The second kappa shape index (κ2) is 4.89. The number of Topliss-reactive ketones (excluding diaryl/α,β-unsaturated/α-hetero) is 1. The van der Waals surface area contributed by atoms with Crippen molar-refractivity contribution in [2.45, 2.75) is 19.4 Å². The molecule has 1 aromatic rings. The van der Waals surface area contributed by atoms with E-state index in [4.69, 9.17) is 4.74 Å². The van der Waals surface area contributed by atoms with Gasteiger partial charge < -0.3 is 4.74 Å². The van der Waals surface area contributed by atoms with Crippen molar-refractivity contribution in [2.24, 2.45) is 0 Å². The van der Waals surface area contributed by atoms with Crippen LogP contribution in [0, 0.1) is 0 Å². The number of hydrogen-bond donors (Lipinski definition) is 0. The third-order valence-corrected chi connectivity index (χ3v) is 2.49. The van der Waals surface area contributed by atoms with Gasteiger partial charge in [-0.15, -0.1) is 0 Å². The van der Waals surface area contributed by atoms with Gasteiger partial charge in [-0.3, -0.25) is 4.79 Å². The van der Waals surface area contributed by atoms with Crippen molar-refractivity contribution < 1.29 is 9.53 Å². The molecular weight excluding hydrogens is 188 g/mol. The highest BCUT2D eigenvalue weighted by Crippen LogP contribution is 2.14. The molecule has 0 unspecified atom stereocenters. The molecule has 1 aromatic carbocycles. The molecule has 0 spiro atoms. The predicted octanol–water partition coefficient (Wildman–Crippen LogP) is 2.49. The molecule has 2 nitrogen and oxygen atoms in total. The lowest BCUT2D eigenvalue weighted by molar-refractivity contribution is -0.115. The van der Waals surface area contributed by atoms with E-state index >= 15 is 0 Å². The number of carbonyl (C=O) groups excluding carboxylic acids is 1. The minimum Gasteiger partial charge on any atom is -0.372 e. The first-order valence-electron chi connectivity index (χ1n) is 5.20. The van der Waals surface area contributed by atoms with Crippen molar-refractivity contribution in [2.75, 3.05) is 6.61 Å². The molecule has 0 fully saturated rings. The van der Waals surface area contributed by atoms with Gasteiger partial charge in [-0.1, -0.05) is 36.4 Å². The molecule has 0 saturated carbocycles. The highest BCUT2D eigenvalue weighted by molar-refractivity contribution is 5.97. The number of allylic oxidation sites excluding steroid dienone is 1. The fourth-order valence-electron chi connectivity index (χ4n) is 1.64. The van der Waals surface area contributed by atoms with E-state index in [0.29, 0.717) is 19.6 Å². The summed E-state index contributed by atoms with van der Waals surface area (Å²) < 4.78 is 5.48. The van der Waals surface area contributed by atoms with E-state index in [9.17, 15) is 4.79 Å². The summed E-state index contributed by atoms with van der Waals surface area (Å²) in [6.07, 6.45) is 3.51. The Balaban J connectivity index is 1.78. The van der Waals surface area contributed by atoms with Crippen LogP contribution in [0.2, 0.25) is 0 Å². The fraction of sp³-hybridized carbons (Fsp3) is 0.308. The van der Waals surface area contributed by atoms with Crippen LogP contribution in [0.4, 0.5) is 0 Å². The molecule has 0 saturated heterocycles. The first kappa shape index (κ1) is 10.1. The highest BCUT2D eigenvalue weighted by atomic mass is 16.5. The van der Waals surface area contributed by atoms with Gasteiger partial charge in [-0.25, -0.2) is 0 Å². The molecule has 1 aliphatic carbocycles. The predicted molar refractivity (Wildman–Crippen MR) is 58.4 cm³/mol. The van der Waals surface area contributed by atoms with Crippen LogP contribution in [0.25, 0.3) is 0 Å². The van der Waals surface area contributed by atoms with Gasteiger partial charge in [0.05, 0.1) is 13.2 Å². The molecule has 0 aliphatic heterocycles. The van der Waals surface area contributed by atoms with Crippen molar-refractivity contribution >= 4 is 5.78 Å². The number of benzene rings is 1. The van der Waals surface area contributed by atoms with Crippen LogP contribution in [0.15, 0.2) is 42.0 Å². The maximum Gasteiger partial charge on any atom is 0.161 e. The second-order valence-electron chi connectivity index (χ2n) is 3.67. The van der Waals surface area contributed by atoms with Gasteiger partial charge in [0, 0.05) is 12.0 Å². The van der Waals surface area contributed by atoms with Crippen LogP contribution in [-0.2, 0) is 16.1 Å². The summed E-state index contributed by atoms with van der Waals surface area (Å²) in [5, 5.41) is 0. The van der Waals surface area contributed by atoms with E-state index in [-0.39, 0.29) is 5.78 Å². The number of rotatable bonds is 4. The molecule has 78 valence electrons. The van der Waals surface area contributed by atoms with Crippen LogP contribution in [-0.4, -0.2) is 12.4 Å². The Hall–Kier alpha value is -1.41. The molecule has 0 N–H and O–H groups in total. The van der Waals surface area contributed by atoms with E-state index in [0.717, 1.165) is 17.6 Å². The van der Waals surface area contributed by atoms with Gasteiger partial charge in [-0.05, 0) is 12.0 Å². The largest absolute Gasteiger partial charge is 0.372 e. The van der Waals surface area contributed by atoms with Gasteiger partial charge >= 0.3 is 0 Å². The lowest BCUT2D eigenvalue weighted by Gasteiger charge is -2.04. The Kier molecular flexibility index (Phi) is 3.30. The quantitative estimate of drug-likeness (QED) is 0.749. The molecule has 0 amide bonds. The zero-order chi connectivity index (χ0) is 10.5. The van der Waals surface area contributed by atoms with E-state index in [1.807, 2.05) is 36.4 Å². The van der Waals surface area contributed by atoms with Gasteiger partial charge in [0.2, 0.25) is 0 Å². The number of hydrogen-bond acceptors (Lipinski definition) is 2. The number of ketones is 1. The minimum absolute atomic E-state index is 0.239. The van der Waals surface area contributed by atoms with Gasteiger partial charge in [0.15, 0.2) is 5.78 Å². The molecule has 0 heterocycles. The van der Waals surface area contributed by atoms with Gasteiger partial charge in [-0.2, -0.15) is 0 Å². The van der Waals surface area contributed by atoms with E-state index < -0.39 is 0 Å². The summed E-state index contributed by atoms with van der Waals surface area (Å²) in [7, 11) is 0. The summed E-state index contributed by atoms with van der Waals surface area (Å²) in [5.74, 6) is 0.239. The normalized spacial score (nSPS) is 15.5. The zero-order valence-corrected chi connectivity index (χ0v) is 8.61. The van der Waals surface area contributed by atoms with Gasteiger partial charge in [0.1, 0.15) is 0 Å².